The average molecular weight is 169 g/mol. The van der Waals surface area contributed by atoms with Gasteiger partial charge in [0.2, 0.25) is 0 Å². The summed E-state index contributed by atoms with van der Waals surface area (Å²) in [5.74, 6) is 0. The second kappa shape index (κ2) is 4.37. The van der Waals surface area contributed by atoms with Crippen molar-refractivity contribution < 1.29 is 0 Å². The van der Waals surface area contributed by atoms with Gasteiger partial charge in [-0.15, -0.1) is 6.54 Å². The molecule has 0 amide bonds. The van der Waals surface area contributed by atoms with Crippen LogP contribution in [0.25, 0.3) is 5.32 Å². The van der Waals surface area contributed by atoms with Crippen LogP contribution in [0.3, 0.4) is 0 Å². The van der Waals surface area contributed by atoms with E-state index < -0.39 is 0 Å². The molecule has 2 heteroatoms. The molecular formula is C9H11ClN-. The molecule has 0 atom stereocenters. The monoisotopic (exact) mass is 168 g/mol. The Balaban J connectivity index is 2.62. The van der Waals surface area contributed by atoms with Crippen LogP contribution >= 0.6 is 11.6 Å². The zero-order valence-electron chi connectivity index (χ0n) is 6.55. The van der Waals surface area contributed by atoms with Crippen molar-refractivity contribution in [1.29, 1.82) is 0 Å². The minimum atomic E-state index is 0.844. The van der Waals surface area contributed by atoms with E-state index in [9.17, 15) is 0 Å². The predicted octanol–water partition coefficient (Wildman–Crippen LogP) is 2.89. The molecule has 0 bridgehead atoms. The fourth-order valence-electron chi connectivity index (χ4n) is 0.933. The molecule has 0 fully saturated rings. The quantitative estimate of drug-likeness (QED) is 0.659. The summed E-state index contributed by atoms with van der Waals surface area (Å²) in [7, 11) is 1.82. The van der Waals surface area contributed by atoms with Crippen molar-refractivity contribution in [1.82, 2.24) is 0 Å². The van der Waals surface area contributed by atoms with Gasteiger partial charge in [-0.3, -0.25) is 0 Å². The molecule has 0 spiro atoms. The van der Waals surface area contributed by atoms with Crippen molar-refractivity contribution >= 4 is 11.6 Å². The Morgan fingerprint density at radius 3 is 2.73 bits per heavy atom. The van der Waals surface area contributed by atoms with E-state index in [2.05, 4.69) is 5.32 Å². The summed E-state index contributed by atoms with van der Waals surface area (Å²) in [5, 5.41) is 4.86. The SMILES string of the molecule is C[N-]CCc1ccccc1Cl. The van der Waals surface area contributed by atoms with Gasteiger partial charge in [0.1, 0.15) is 0 Å². The lowest BCUT2D eigenvalue weighted by Gasteiger charge is -2.10. The van der Waals surface area contributed by atoms with Gasteiger partial charge in [-0.25, -0.2) is 0 Å². The van der Waals surface area contributed by atoms with E-state index in [-0.39, 0.29) is 0 Å². The maximum absolute atomic E-state index is 5.92. The highest BCUT2D eigenvalue weighted by atomic mass is 35.5. The molecule has 1 aromatic rings. The van der Waals surface area contributed by atoms with Crippen molar-refractivity contribution in [3.8, 4) is 0 Å². The van der Waals surface area contributed by atoms with E-state index in [1.54, 1.807) is 0 Å². The van der Waals surface area contributed by atoms with Crippen molar-refractivity contribution in [3.05, 3.63) is 40.2 Å². The van der Waals surface area contributed by atoms with E-state index >= 15 is 0 Å². The Kier molecular flexibility index (Phi) is 3.40. The first-order valence-corrected chi connectivity index (χ1v) is 4.01. The first-order chi connectivity index (χ1) is 5.34. The Bertz CT molecular complexity index is 223. The highest BCUT2D eigenvalue weighted by molar-refractivity contribution is 6.31. The molecule has 0 saturated carbocycles. The highest BCUT2D eigenvalue weighted by Gasteiger charge is 1.93. The minimum absolute atomic E-state index is 0.844. The van der Waals surface area contributed by atoms with Crippen LogP contribution in [-0.4, -0.2) is 13.6 Å². The molecule has 11 heavy (non-hydrogen) atoms. The smallest absolute Gasteiger partial charge is 0.0437 e. The fourth-order valence-corrected chi connectivity index (χ4v) is 1.16. The first-order valence-electron chi connectivity index (χ1n) is 3.63. The maximum atomic E-state index is 5.92. The zero-order chi connectivity index (χ0) is 8.10. The summed E-state index contributed by atoms with van der Waals surface area (Å²) < 4.78 is 0. The van der Waals surface area contributed by atoms with Crippen LogP contribution < -0.4 is 0 Å². The number of halogens is 1. The molecule has 0 N–H and O–H groups in total. The van der Waals surface area contributed by atoms with Gasteiger partial charge < -0.3 is 5.32 Å². The molecule has 1 nitrogen and oxygen atoms in total. The highest BCUT2D eigenvalue weighted by Crippen LogP contribution is 2.15. The van der Waals surface area contributed by atoms with Crippen LogP contribution in [0.4, 0.5) is 0 Å². The van der Waals surface area contributed by atoms with Gasteiger partial charge in [0.25, 0.3) is 0 Å². The van der Waals surface area contributed by atoms with Crippen molar-refractivity contribution in [2.45, 2.75) is 6.42 Å². The van der Waals surface area contributed by atoms with E-state index in [1.165, 1.54) is 5.56 Å². The Hall–Kier alpha value is -0.530. The molecule has 1 rings (SSSR count). The third-order valence-electron chi connectivity index (χ3n) is 1.56. The number of rotatable bonds is 3. The summed E-state index contributed by atoms with van der Waals surface area (Å²) in [6.07, 6.45) is 0.941. The predicted molar refractivity (Wildman–Crippen MR) is 49.3 cm³/mol. The molecule has 0 aromatic heterocycles. The molecule has 0 heterocycles. The lowest BCUT2D eigenvalue weighted by atomic mass is 10.1. The summed E-state index contributed by atoms with van der Waals surface area (Å²) >= 11 is 5.92. The van der Waals surface area contributed by atoms with E-state index in [0.29, 0.717) is 0 Å². The molecule has 0 aliphatic rings. The van der Waals surface area contributed by atoms with Gasteiger partial charge in [-0.05, 0) is 18.1 Å². The summed E-state index contributed by atoms with van der Waals surface area (Å²) in [6, 6.07) is 7.88. The van der Waals surface area contributed by atoms with Crippen molar-refractivity contribution in [3.63, 3.8) is 0 Å². The normalized spacial score (nSPS) is 10.0. The molecule has 1 aromatic carbocycles. The number of hydrogen-bond acceptors (Lipinski definition) is 0. The van der Waals surface area contributed by atoms with Crippen LogP contribution in [0.1, 0.15) is 5.56 Å². The molecule has 0 aliphatic heterocycles. The Labute approximate surface area is 72.4 Å². The van der Waals surface area contributed by atoms with E-state index in [0.717, 1.165) is 18.0 Å². The van der Waals surface area contributed by atoms with Gasteiger partial charge in [0, 0.05) is 5.02 Å². The molecule has 60 valence electrons. The van der Waals surface area contributed by atoms with Crippen LogP contribution in [0, 0.1) is 0 Å². The first kappa shape index (κ1) is 8.57. The lowest BCUT2D eigenvalue weighted by molar-refractivity contribution is 1.04. The van der Waals surface area contributed by atoms with Crippen LogP contribution in [0.5, 0.6) is 0 Å². The number of hydrogen-bond donors (Lipinski definition) is 0. The largest absolute Gasteiger partial charge is 0.665 e. The van der Waals surface area contributed by atoms with Crippen molar-refractivity contribution in [2.24, 2.45) is 0 Å². The fraction of sp³-hybridized carbons (Fsp3) is 0.333. The second-order valence-corrected chi connectivity index (χ2v) is 2.79. The minimum Gasteiger partial charge on any atom is -0.665 e. The lowest BCUT2D eigenvalue weighted by Crippen LogP contribution is -1.90. The van der Waals surface area contributed by atoms with Gasteiger partial charge in [-0.2, -0.15) is 7.05 Å². The van der Waals surface area contributed by atoms with E-state index in [1.807, 2.05) is 31.3 Å². The molecule has 0 unspecified atom stereocenters. The Morgan fingerprint density at radius 1 is 1.36 bits per heavy atom. The number of likely N-dealkylation sites (N-methyl/N-ethyl adjacent to an activating group) is 1. The van der Waals surface area contributed by atoms with Gasteiger partial charge in [-0.1, -0.05) is 29.8 Å². The van der Waals surface area contributed by atoms with Gasteiger partial charge in [0.05, 0.1) is 0 Å². The van der Waals surface area contributed by atoms with E-state index in [4.69, 9.17) is 11.6 Å². The molecular weight excluding hydrogens is 158 g/mol. The number of benzene rings is 1. The Morgan fingerprint density at radius 2 is 2.09 bits per heavy atom. The van der Waals surface area contributed by atoms with Crippen molar-refractivity contribution in [2.75, 3.05) is 13.6 Å². The summed E-state index contributed by atoms with van der Waals surface area (Å²) in [5.41, 5.74) is 1.18. The van der Waals surface area contributed by atoms with Crippen LogP contribution in [0.2, 0.25) is 5.02 Å². The molecule has 0 saturated heterocycles. The average Bonchev–Trinajstić information content (AvgIpc) is 2.03. The molecule has 0 radical (unpaired) electrons. The third-order valence-corrected chi connectivity index (χ3v) is 1.93. The standard InChI is InChI=1S/C9H11ClN/c1-11-7-6-8-4-2-3-5-9(8)10/h2-5H,6-7H2,1H3/q-1. The van der Waals surface area contributed by atoms with Gasteiger partial charge in [0.15, 0.2) is 0 Å². The topological polar surface area (TPSA) is 14.1 Å². The molecule has 0 aliphatic carbocycles. The summed E-state index contributed by atoms with van der Waals surface area (Å²) in [4.78, 5) is 0. The maximum Gasteiger partial charge on any atom is 0.0437 e. The third kappa shape index (κ3) is 2.52. The second-order valence-electron chi connectivity index (χ2n) is 2.38. The van der Waals surface area contributed by atoms with Crippen LogP contribution in [0.15, 0.2) is 24.3 Å². The zero-order valence-corrected chi connectivity index (χ0v) is 7.30. The van der Waals surface area contributed by atoms with Gasteiger partial charge >= 0.3 is 0 Å². The number of nitrogens with zero attached hydrogens (tertiary/aromatic N) is 1. The van der Waals surface area contributed by atoms with Crippen LogP contribution in [-0.2, 0) is 6.42 Å². The summed E-state index contributed by atoms with van der Waals surface area (Å²) in [6.45, 7) is 0.851.